The van der Waals surface area contributed by atoms with E-state index in [1.165, 1.54) is 0 Å². The maximum Gasteiger partial charge on any atom is 0.126 e. The zero-order valence-electron chi connectivity index (χ0n) is 7.19. The van der Waals surface area contributed by atoms with Crippen LogP contribution in [0.15, 0.2) is 35.4 Å². The van der Waals surface area contributed by atoms with Crippen molar-refractivity contribution in [2.75, 3.05) is 6.26 Å². The first-order chi connectivity index (χ1) is 6.31. The van der Waals surface area contributed by atoms with Gasteiger partial charge < -0.3 is 5.11 Å². The SMILES string of the molecule is CSc1ccc2c(O)ccnc2c1. The molecular weight excluding hydrogens is 182 g/mol. The Balaban J connectivity index is 2.72. The van der Waals surface area contributed by atoms with Crippen LogP contribution in [0, 0.1) is 0 Å². The lowest BCUT2D eigenvalue weighted by atomic mass is 10.2. The van der Waals surface area contributed by atoms with Gasteiger partial charge in [-0.1, -0.05) is 0 Å². The van der Waals surface area contributed by atoms with Crippen molar-refractivity contribution >= 4 is 22.7 Å². The highest BCUT2D eigenvalue weighted by atomic mass is 32.2. The molecule has 2 nitrogen and oxygen atoms in total. The van der Waals surface area contributed by atoms with Crippen LogP contribution in [0.4, 0.5) is 0 Å². The van der Waals surface area contributed by atoms with E-state index in [1.54, 1.807) is 24.0 Å². The molecule has 0 fully saturated rings. The predicted octanol–water partition coefficient (Wildman–Crippen LogP) is 2.66. The van der Waals surface area contributed by atoms with Gasteiger partial charge in [-0.05, 0) is 30.5 Å². The number of benzene rings is 1. The zero-order valence-corrected chi connectivity index (χ0v) is 8.01. The molecule has 3 heteroatoms. The summed E-state index contributed by atoms with van der Waals surface area (Å²) in [7, 11) is 0. The first-order valence-corrected chi connectivity index (χ1v) is 5.15. The monoisotopic (exact) mass is 191 g/mol. The van der Waals surface area contributed by atoms with Crippen molar-refractivity contribution in [2.45, 2.75) is 4.90 Å². The normalized spacial score (nSPS) is 10.5. The third kappa shape index (κ3) is 1.47. The minimum absolute atomic E-state index is 0.289. The Morgan fingerprint density at radius 3 is 2.92 bits per heavy atom. The van der Waals surface area contributed by atoms with E-state index in [0.29, 0.717) is 0 Å². The van der Waals surface area contributed by atoms with Crippen molar-refractivity contribution in [2.24, 2.45) is 0 Å². The van der Waals surface area contributed by atoms with E-state index in [0.717, 1.165) is 15.8 Å². The second-order valence-electron chi connectivity index (χ2n) is 2.71. The first-order valence-electron chi connectivity index (χ1n) is 3.93. The number of pyridine rings is 1. The lowest BCUT2D eigenvalue weighted by Crippen LogP contribution is -1.79. The van der Waals surface area contributed by atoms with Gasteiger partial charge in [0.05, 0.1) is 5.52 Å². The summed E-state index contributed by atoms with van der Waals surface area (Å²) in [5.74, 6) is 0.289. The summed E-state index contributed by atoms with van der Waals surface area (Å²) in [6.45, 7) is 0. The third-order valence-electron chi connectivity index (χ3n) is 1.93. The maximum absolute atomic E-state index is 9.49. The lowest BCUT2D eigenvalue weighted by molar-refractivity contribution is 0.481. The van der Waals surface area contributed by atoms with Crippen molar-refractivity contribution < 1.29 is 5.11 Å². The third-order valence-corrected chi connectivity index (χ3v) is 2.65. The van der Waals surface area contributed by atoms with E-state index in [4.69, 9.17) is 0 Å². The molecule has 0 aliphatic heterocycles. The molecule has 2 aromatic rings. The summed E-state index contributed by atoms with van der Waals surface area (Å²) in [4.78, 5) is 5.34. The molecule has 0 unspecified atom stereocenters. The Labute approximate surface area is 80.6 Å². The Hall–Kier alpha value is -1.22. The van der Waals surface area contributed by atoms with Gasteiger partial charge in [0, 0.05) is 16.5 Å². The summed E-state index contributed by atoms with van der Waals surface area (Å²) in [5, 5.41) is 10.3. The molecule has 0 amide bonds. The largest absolute Gasteiger partial charge is 0.507 e. The van der Waals surface area contributed by atoms with E-state index in [9.17, 15) is 5.11 Å². The molecule has 1 N–H and O–H groups in total. The second kappa shape index (κ2) is 3.26. The molecule has 1 aromatic heterocycles. The number of hydrogen-bond donors (Lipinski definition) is 1. The number of hydrogen-bond acceptors (Lipinski definition) is 3. The van der Waals surface area contributed by atoms with E-state index in [-0.39, 0.29) is 5.75 Å². The predicted molar refractivity (Wildman–Crippen MR) is 55.2 cm³/mol. The fourth-order valence-electron chi connectivity index (χ4n) is 1.24. The number of rotatable bonds is 1. The van der Waals surface area contributed by atoms with Crippen molar-refractivity contribution in [3.63, 3.8) is 0 Å². The fourth-order valence-corrected chi connectivity index (χ4v) is 1.67. The number of aromatic hydroxyl groups is 1. The van der Waals surface area contributed by atoms with E-state index in [1.807, 2.05) is 24.5 Å². The maximum atomic E-state index is 9.49. The van der Waals surface area contributed by atoms with Crippen molar-refractivity contribution in [3.05, 3.63) is 30.5 Å². The molecule has 1 heterocycles. The van der Waals surface area contributed by atoms with Crippen molar-refractivity contribution in [3.8, 4) is 5.75 Å². The summed E-state index contributed by atoms with van der Waals surface area (Å²) in [6, 6.07) is 7.44. The van der Waals surface area contributed by atoms with Crippen LogP contribution in [0.25, 0.3) is 10.9 Å². The molecule has 1 aromatic carbocycles. The second-order valence-corrected chi connectivity index (χ2v) is 3.59. The Morgan fingerprint density at radius 1 is 1.31 bits per heavy atom. The van der Waals surface area contributed by atoms with Crippen LogP contribution in [0.1, 0.15) is 0 Å². The molecule has 0 spiro atoms. The molecular formula is C10H9NOS. The van der Waals surface area contributed by atoms with Crippen LogP contribution in [-0.2, 0) is 0 Å². The summed E-state index contributed by atoms with van der Waals surface area (Å²) >= 11 is 1.67. The van der Waals surface area contributed by atoms with Gasteiger partial charge in [0.2, 0.25) is 0 Å². The van der Waals surface area contributed by atoms with Gasteiger partial charge in [-0.2, -0.15) is 0 Å². The van der Waals surface area contributed by atoms with E-state index >= 15 is 0 Å². The number of nitrogens with zero attached hydrogens (tertiary/aromatic N) is 1. The standard InChI is InChI=1S/C10H9NOS/c1-13-7-2-3-8-9(6-7)11-5-4-10(8)12/h2-6H,1H3,(H,11,12). The topological polar surface area (TPSA) is 33.1 Å². The highest BCUT2D eigenvalue weighted by Gasteiger charge is 2.00. The van der Waals surface area contributed by atoms with Gasteiger partial charge in [-0.25, -0.2) is 0 Å². The number of thioether (sulfide) groups is 1. The molecule has 0 saturated carbocycles. The molecule has 0 bridgehead atoms. The smallest absolute Gasteiger partial charge is 0.126 e. The number of fused-ring (bicyclic) bond motifs is 1. The van der Waals surface area contributed by atoms with Gasteiger partial charge in [0.15, 0.2) is 0 Å². The minimum atomic E-state index is 0.289. The molecule has 0 aliphatic rings. The number of aromatic nitrogens is 1. The van der Waals surface area contributed by atoms with Crippen molar-refractivity contribution in [1.29, 1.82) is 0 Å². The van der Waals surface area contributed by atoms with Crippen molar-refractivity contribution in [1.82, 2.24) is 4.98 Å². The van der Waals surface area contributed by atoms with Crippen LogP contribution >= 0.6 is 11.8 Å². The first kappa shape index (κ1) is 8.38. The van der Waals surface area contributed by atoms with Crippen LogP contribution < -0.4 is 0 Å². The summed E-state index contributed by atoms with van der Waals surface area (Å²) in [5.41, 5.74) is 0.840. The van der Waals surface area contributed by atoms with Gasteiger partial charge in [0.1, 0.15) is 5.75 Å². The van der Waals surface area contributed by atoms with Gasteiger partial charge in [0.25, 0.3) is 0 Å². The van der Waals surface area contributed by atoms with E-state index < -0.39 is 0 Å². The average Bonchev–Trinajstić information content (AvgIpc) is 2.18. The van der Waals surface area contributed by atoms with E-state index in [2.05, 4.69) is 4.98 Å². The average molecular weight is 191 g/mol. The van der Waals surface area contributed by atoms with Crippen LogP contribution in [0.3, 0.4) is 0 Å². The summed E-state index contributed by atoms with van der Waals surface area (Å²) in [6.07, 6.45) is 3.63. The Kier molecular flexibility index (Phi) is 2.10. The van der Waals surface area contributed by atoms with Gasteiger partial charge in [-0.3, -0.25) is 4.98 Å². The highest BCUT2D eigenvalue weighted by Crippen LogP contribution is 2.25. The fraction of sp³-hybridized carbons (Fsp3) is 0.100. The molecule has 0 radical (unpaired) electrons. The Morgan fingerprint density at radius 2 is 2.15 bits per heavy atom. The lowest BCUT2D eigenvalue weighted by Gasteiger charge is -2.01. The molecule has 13 heavy (non-hydrogen) atoms. The minimum Gasteiger partial charge on any atom is -0.507 e. The van der Waals surface area contributed by atoms with Crippen LogP contribution in [0.2, 0.25) is 0 Å². The van der Waals surface area contributed by atoms with Crippen LogP contribution in [0.5, 0.6) is 5.75 Å². The van der Waals surface area contributed by atoms with Crippen LogP contribution in [-0.4, -0.2) is 16.3 Å². The summed E-state index contributed by atoms with van der Waals surface area (Å²) < 4.78 is 0. The molecule has 0 atom stereocenters. The molecule has 66 valence electrons. The molecule has 2 rings (SSSR count). The van der Waals surface area contributed by atoms with Gasteiger partial charge >= 0.3 is 0 Å². The van der Waals surface area contributed by atoms with Gasteiger partial charge in [-0.15, -0.1) is 11.8 Å². The quantitative estimate of drug-likeness (QED) is 0.703. The molecule has 0 saturated heterocycles. The highest BCUT2D eigenvalue weighted by molar-refractivity contribution is 7.98. The Bertz CT molecular complexity index is 442. The zero-order chi connectivity index (χ0) is 9.26. The molecule has 0 aliphatic carbocycles.